The summed E-state index contributed by atoms with van der Waals surface area (Å²) in [5.41, 5.74) is 0.229. The highest BCUT2D eigenvalue weighted by molar-refractivity contribution is 7.92. The van der Waals surface area contributed by atoms with Gasteiger partial charge in [-0.2, -0.15) is 0 Å². The lowest BCUT2D eigenvalue weighted by Gasteiger charge is -2.03. The number of benzene rings is 1. The third-order valence-corrected chi connectivity index (χ3v) is 3.71. The Morgan fingerprint density at radius 3 is 2.22 bits per heavy atom. The molecule has 1 rings (SSSR count). The van der Waals surface area contributed by atoms with E-state index in [0.29, 0.717) is 5.02 Å². The average Bonchev–Trinajstić information content (AvgIpc) is 2.28. The lowest BCUT2D eigenvalue weighted by Crippen LogP contribution is -2.24. The van der Waals surface area contributed by atoms with Gasteiger partial charge in [-0.25, -0.2) is 8.42 Å². The fourth-order valence-corrected chi connectivity index (χ4v) is 2.48. The molecule has 0 radical (unpaired) electrons. The van der Waals surface area contributed by atoms with Crippen molar-refractivity contribution in [2.45, 2.75) is 0 Å². The van der Waals surface area contributed by atoms with Crippen LogP contribution < -0.4 is 0 Å². The lowest BCUT2D eigenvalue weighted by atomic mass is 10.1. The molecule has 1 aromatic rings. The molecular formula is C11H11ClO5S. The smallest absolute Gasteiger partial charge is 0.320 e. The second kappa shape index (κ2) is 5.97. The van der Waals surface area contributed by atoms with Crippen molar-refractivity contribution in [1.82, 2.24) is 0 Å². The van der Waals surface area contributed by atoms with Crippen LogP contribution in [0.1, 0.15) is 10.4 Å². The Labute approximate surface area is 110 Å². The van der Waals surface area contributed by atoms with Crippen LogP contribution in [-0.2, 0) is 19.4 Å². The number of ketones is 1. The van der Waals surface area contributed by atoms with E-state index in [-0.39, 0.29) is 5.56 Å². The minimum Gasteiger partial charge on any atom is -0.468 e. The summed E-state index contributed by atoms with van der Waals surface area (Å²) in [5.74, 6) is -3.01. The summed E-state index contributed by atoms with van der Waals surface area (Å²) < 4.78 is 27.2. The number of sulfone groups is 1. The molecule has 7 heteroatoms. The number of hydrogen-bond donors (Lipinski definition) is 0. The number of carbonyl (C=O) groups is 2. The van der Waals surface area contributed by atoms with E-state index in [4.69, 9.17) is 11.6 Å². The highest BCUT2D eigenvalue weighted by Gasteiger charge is 2.21. The van der Waals surface area contributed by atoms with Crippen molar-refractivity contribution in [2.75, 3.05) is 18.6 Å². The number of carbonyl (C=O) groups excluding carboxylic acids is 2. The van der Waals surface area contributed by atoms with Crippen LogP contribution in [0.3, 0.4) is 0 Å². The van der Waals surface area contributed by atoms with E-state index >= 15 is 0 Å². The van der Waals surface area contributed by atoms with E-state index in [1.807, 2.05) is 0 Å². The number of ether oxygens (including phenoxy) is 1. The Morgan fingerprint density at radius 1 is 1.17 bits per heavy atom. The van der Waals surface area contributed by atoms with Gasteiger partial charge in [-0.1, -0.05) is 11.6 Å². The Morgan fingerprint density at radius 2 is 1.72 bits per heavy atom. The number of Topliss-reactive ketones (excluding diaryl/α,β-unsaturated/α-hetero) is 1. The topological polar surface area (TPSA) is 77.5 Å². The molecule has 0 amide bonds. The molecule has 0 fully saturated rings. The summed E-state index contributed by atoms with van der Waals surface area (Å²) >= 11 is 5.65. The number of methoxy groups -OCH3 is 1. The molecule has 0 spiro atoms. The predicted octanol–water partition coefficient (Wildman–Crippen LogP) is 1.11. The van der Waals surface area contributed by atoms with Gasteiger partial charge in [0.05, 0.1) is 7.11 Å². The first-order chi connectivity index (χ1) is 8.34. The molecule has 98 valence electrons. The zero-order valence-corrected chi connectivity index (χ0v) is 11.1. The van der Waals surface area contributed by atoms with E-state index in [0.717, 1.165) is 7.11 Å². The Hall–Kier alpha value is -1.40. The molecule has 0 saturated heterocycles. The van der Waals surface area contributed by atoms with Crippen molar-refractivity contribution in [3.63, 3.8) is 0 Å². The van der Waals surface area contributed by atoms with Crippen LogP contribution in [0.2, 0.25) is 5.02 Å². The van der Waals surface area contributed by atoms with Gasteiger partial charge in [-0.15, -0.1) is 0 Å². The van der Waals surface area contributed by atoms with Gasteiger partial charge >= 0.3 is 5.97 Å². The molecule has 0 N–H and O–H groups in total. The Bertz CT molecular complexity index is 547. The van der Waals surface area contributed by atoms with Crippen LogP contribution in [0.25, 0.3) is 0 Å². The van der Waals surface area contributed by atoms with Gasteiger partial charge in [0, 0.05) is 10.6 Å². The second-order valence-corrected chi connectivity index (χ2v) is 6.04. The van der Waals surface area contributed by atoms with Crippen molar-refractivity contribution < 1.29 is 22.7 Å². The molecule has 0 bridgehead atoms. The average molecular weight is 291 g/mol. The van der Waals surface area contributed by atoms with Crippen molar-refractivity contribution in [3.8, 4) is 0 Å². The van der Waals surface area contributed by atoms with Crippen LogP contribution in [0.4, 0.5) is 0 Å². The zero-order chi connectivity index (χ0) is 13.8. The number of halogens is 1. The lowest BCUT2D eigenvalue weighted by molar-refractivity contribution is -0.137. The van der Waals surface area contributed by atoms with E-state index in [2.05, 4.69) is 4.74 Å². The molecule has 0 unspecified atom stereocenters. The predicted molar refractivity (Wildman–Crippen MR) is 66.5 cm³/mol. The van der Waals surface area contributed by atoms with Gasteiger partial charge in [-0.3, -0.25) is 9.59 Å². The summed E-state index contributed by atoms with van der Waals surface area (Å²) in [4.78, 5) is 22.5. The normalized spacial score (nSPS) is 11.0. The second-order valence-electron chi connectivity index (χ2n) is 3.54. The molecule has 0 aliphatic rings. The monoisotopic (exact) mass is 290 g/mol. The standard InChI is InChI=1S/C11H11ClO5S/c1-17-11(14)7-18(15,16)6-10(13)8-2-4-9(12)5-3-8/h2-5H,6-7H2,1H3. The van der Waals surface area contributed by atoms with Crippen LogP contribution in [-0.4, -0.2) is 38.8 Å². The molecule has 0 aromatic heterocycles. The summed E-state index contributed by atoms with van der Waals surface area (Å²) in [6.07, 6.45) is 0. The summed E-state index contributed by atoms with van der Waals surface area (Å²) in [5, 5.41) is 0.448. The zero-order valence-electron chi connectivity index (χ0n) is 9.55. The van der Waals surface area contributed by atoms with Gasteiger partial charge in [-0.05, 0) is 24.3 Å². The van der Waals surface area contributed by atoms with E-state index in [1.54, 1.807) is 0 Å². The number of rotatable bonds is 5. The van der Waals surface area contributed by atoms with Crippen molar-refractivity contribution >= 4 is 33.2 Å². The third-order valence-electron chi connectivity index (χ3n) is 2.08. The first-order valence-electron chi connectivity index (χ1n) is 4.90. The summed E-state index contributed by atoms with van der Waals surface area (Å²) in [7, 11) is -2.73. The van der Waals surface area contributed by atoms with Crippen molar-refractivity contribution in [1.29, 1.82) is 0 Å². The molecule has 0 saturated carbocycles. The summed E-state index contributed by atoms with van der Waals surface area (Å²) in [6.45, 7) is 0. The molecule has 1 aromatic carbocycles. The fourth-order valence-electron chi connectivity index (χ4n) is 1.21. The first kappa shape index (κ1) is 14.7. The van der Waals surface area contributed by atoms with Gasteiger partial charge in [0.15, 0.2) is 15.6 Å². The van der Waals surface area contributed by atoms with Crippen LogP contribution in [0, 0.1) is 0 Å². The maximum Gasteiger partial charge on any atom is 0.320 e. The molecule has 18 heavy (non-hydrogen) atoms. The molecule has 0 aliphatic carbocycles. The third kappa shape index (κ3) is 4.46. The minimum atomic E-state index is -3.81. The highest BCUT2D eigenvalue weighted by atomic mass is 35.5. The summed E-state index contributed by atoms with van der Waals surface area (Å²) in [6, 6.07) is 5.83. The van der Waals surface area contributed by atoms with Gasteiger partial charge < -0.3 is 4.74 Å². The van der Waals surface area contributed by atoms with Crippen LogP contribution in [0.5, 0.6) is 0 Å². The largest absolute Gasteiger partial charge is 0.468 e. The van der Waals surface area contributed by atoms with E-state index < -0.39 is 33.1 Å². The Balaban J connectivity index is 2.76. The molecule has 0 aliphatic heterocycles. The number of esters is 1. The fraction of sp³-hybridized carbons (Fsp3) is 0.273. The molecular weight excluding hydrogens is 280 g/mol. The van der Waals surface area contributed by atoms with Crippen molar-refractivity contribution in [3.05, 3.63) is 34.9 Å². The van der Waals surface area contributed by atoms with Gasteiger partial charge in [0.2, 0.25) is 0 Å². The van der Waals surface area contributed by atoms with Crippen molar-refractivity contribution in [2.24, 2.45) is 0 Å². The van der Waals surface area contributed by atoms with E-state index in [1.165, 1.54) is 24.3 Å². The first-order valence-corrected chi connectivity index (χ1v) is 7.10. The Kier molecular flexibility index (Phi) is 4.86. The van der Waals surface area contributed by atoms with Crippen LogP contribution >= 0.6 is 11.6 Å². The number of hydrogen-bond acceptors (Lipinski definition) is 5. The van der Waals surface area contributed by atoms with E-state index in [9.17, 15) is 18.0 Å². The van der Waals surface area contributed by atoms with Gasteiger partial charge in [0.1, 0.15) is 11.5 Å². The molecule has 0 heterocycles. The molecule has 0 atom stereocenters. The maximum absolute atomic E-state index is 11.7. The van der Waals surface area contributed by atoms with Crippen LogP contribution in [0.15, 0.2) is 24.3 Å². The molecule has 5 nitrogen and oxygen atoms in total. The maximum atomic E-state index is 11.7. The minimum absolute atomic E-state index is 0.229. The highest BCUT2D eigenvalue weighted by Crippen LogP contribution is 2.11. The van der Waals surface area contributed by atoms with Gasteiger partial charge in [0.25, 0.3) is 0 Å². The quantitative estimate of drug-likeness (QED) is 0.600. The SMILES string of the molecule is COC(=O)CS(=O)(=O)CC(=O)c1ccc(Cl)cc1.